The van der Waals surface area contributed by atoms with E-state index in [4.69, 9.17) is 44.3 Å². The number of methoxy groups -OCH3 is 1. The topological polar surface area (TPSA) is 30.5 Å². The molecule has 0 fully saturated rings. The lowest BCUT2D eigenvalue weighted by molar-refractivity contribution is 0.284. The van der Waals surface area contributed by atoms with E-state index in [9.17, 15) is 0 Å². The standard InChI is InChI=1S/C21H26Cl3NO2/c1-3-4-5-6-9-25-13-16-11-20(26-2)21(12-18(16)23)27-14-15-7-8-17(22)19(24)10-15/h7-8,10-12,25H,3-6,9,13-14H2,1-2H3. The zero-order valence-corrected chi connectivity index (χ0v) is 18.1. The van der Waals surface area contributed by atoms with Crippen LogP contribution in [-0.2, 0) is 13.2 Å². The quantitative estimate of drug-likeness (QED) is 0.393. The number of benzene rings is 2. The molecule has 3 nitrogen and oxygen atoms in total. The molecule has 1 N–H and O–H groups in total. The van der Waals surface area contributed by atoms with Crippen molar-refractivity contribution in [3.8, 4) is 11.5 Å². The van der Waals surface area contributed by atoms with Crippen molar-refractivity contribution in [2.24, 2.45) is 0 Å². The third-order valence-corrected chi connectivity index (χ3v) is 5.32. The smallest absolute Gasteiger partial charge is 0.163 e. The molecular formula is C21H26Cl3NO2. The highest BCUT2D eigenvalue weighted by atomic mass is 35.5. The van der Waals surface area contributed by atoms with Crippen molar-refractivity contribution in [3.63, 3.8) is 0 Å². The number of halogens is 3. The van der Waals surface area contributed by atoms with Gasteiger partial charge in [0.15, 0.2) is 11.5 Å². The Labute approximate surface area is 176 Å². The Kier molecular flexibility index (Phi) is 9.57. The molecule has 0 saturated heterocycles. The Morgan fingerprint density at radius 1 is 0.889 bits per heavy atom. The molecule has 6 heteroatoms. The SMILES string of the molecule is CCCCCCNCc1cc(OC)c(OCc2ccc(Cl)c(Cl)c2)cc1Cl. The van der Waals surface area contributed by atoms with E-state index in [0.717, 1.165) is 17.7 Å². The van der Waals surface area contributed by atoms with Crippen LogP contribution in [0, 0.1) is 0 Å². The molecule has 0 spiro atoms. The molecular weight excluding hydrogens is 405 g/mol. The molecule has 0 aliphatic rings. The molecule has 0 bridgehead atoms. The average Bonchev–Trinajstić information content (AvgIpc) is 2.66. The minimum Gasteiger partial charge on any atom is -0.493 e. The Morgan fingerprint density at radius 2 is 1.70 bits per heavy atom. The molecule has 0 atom stereocenters. The van der Waals surface area contributed by atoms with Crippen molar-refractivity contribution in [1.82, 2.24) is 5.32 Å². The molecule has 0 aliphatic heterocycles. The van der Waals surface area contributed by atoms with E-state index in [1.54, 1.807) is 25.3 Å². The highest BCUT2D eigenvalue weighted by Gasteiger charge is 2.11. The highest BCUT2D eigenvalue weighted by molar-refractivity contribution is 6.42. The van der Waals surface area contributed by atoms with Gasteiger partial charge in [0.2, 0.25) is 0 Å². The van der Waals surface area contributed by atoms with Crippen molar-refractivity contribution < 1.29 is 9.47 Å². The summed E-state index contributed by atoms with van der Waals surface area (Å²) in [5.74, 6) is 1.25. The Morgan fingerprint density at radius 3 is 2.41 bits per heavy atom. The lowest BCUT2D eigenvalue weighted by atomic mass is 10.1. The number of hydrogen-bond donors (Lipinski definition) is 1. The molecule has 27 heavy (non-hydrogen) atoms. The second-order valence-corrected chi connectivity index (χ2v) is 7.59. The normalized spacial score (nSPS) is 10.9. The molecule has 0 aliphatic carbocycles. The van der Waals surface area contributed by atoms with Crippen LogP contribution >= 0.6 is 34.8 Å². The summed E-state index contributed by atoms with van der Waals surface area (Å²) in [7, 11) is 1.62. The predicted octanol–water partition coefficient (Wildman–Crippen LogP) is 6.90. The Hall–Kier alpha value is -1.13. The summed E-state index contributed by atoms with van der Waals surface area (Å²) >= 11 is 18.4. The first-order valence-corrected chi connectivity index (χ1v) is 10.3. The first-order valence-electron chi connectivity index (χ1n) is 9.19. The first-order chi connectivity index (χ1) is 13.0. The maximum absolute atomic E-state index is 6.43. The van der Waals surface area contributed by atoms with Gasteiger partial charge in [-0.15, -0.1) is 0 Å². The van der Waals surface area contributed by atoms with Gasteiger partial charge in [0, 0.05) is 17.6 Å². The number of ether oxygens (including phenoxy) is 2. The van der Waals surface area contributed by atoms with Crippen LogP contribution in [0.3, 0.4) is 0 Å². The fourth-order valence-electron chi connectivity index (χ4n) is 2.68. The second kappa shape index (κ2) is 11.7. The molecule has 0 aromatic heterocycles. The largest absolute Gasteiger partial charge is 0.493 e. The lowest BCUT2D eigenvalue weighted by Gasteiger charge is -2.14. The minimum atomic E-state index is 0.346. The lowest BCUT2D eigenvalue weighted by Crippen LogP contribution is -2.15. The monoisotopic (exact) mass is 429 g/mol. The van der Waals surface area contributed by atoms with E-state index in [1.807, 2.05) is 12.1 Å². The van der Waals surface area contributed by atoms with Crippen LogP contribution in [0.1, 0.15) is 43.7 Å². The van der Waals surface area contributed by atoms with Crippen molar-refractivity contribution in [3.05, 3.63) is 56.5 Å². The fraction of sp³-hybridized carbons (Fsp3) is 0.429. The third-order valence-electron chi connectivity index (χ3n) is 4.23. The van der Waals surface area contributed by atoms with Gasteiger partial charge >= 0.3 is 0 Å². The summed E-state index contributed by atoms with van der Waals surface area (Å²) in [5.41, 5.74) is 1.91. The first kappa shape index (κ1) is 22.2. The molecule has 2 aromatic rings. The molecule has 0 heterocycles. The third kappa shape index (κ3) is 7.08. The number of rotatable bonds is 11. The van der Waals surface area contributed by atoms with Gasteiger partial charge in [-0.2, -0.15) is 0 Å². The summed E-state index contributed by atoms with van der Waals surface area (Å²) in [5, 5.41) is 5.11. The van der Waals surface area contributed by atoms with Gasteiger partial charge in [0.1, 0.15) is 6.61 Å². The van der Waals surface area contributed by atoms with Crippen molar-refractivity contribution in [1.29, 1.82) is 0 Å². The van der Waals surface area contributed by atoms with Gasteiger partial charge < -0.3 is 14.8 Å². The molecule has 2 rings (SSSR count). The number of hydrogen-bond acceptors (Lipinski definition) is 3. The fourth-order valence-corrected chi connectivity index (χ4v) is 3.22. The molecule has 148 valence electrons. The second-order valence-electron chi connectivity index (χ2n) is 6.37. The van der Waals surface area contributed by atoms with E-state index in [0.29, 0.717) is 39.7 Å². The summed E-state index contributed by atoms with van der Waals surface area (Å²) in [4.78, 5) is 0. The van der Waals surface area contributed by atoms with E-state index in [2.05, 4.69) is 12.2 Å². The van der Waals surface area contributed by atoms with E-state index in [-0.39, 0.29) is 0 Å². The summed E-state index contributed by atoms with van der Waals surface area (Å²) < 4.78 is 11.4. The molecule has 0 saturated carbocycles. The van der Waals surface area contributed by atoms with Crippen LogP contribution in [0.4, 0.5) is 0 Å². The van der Waals surface area contributed by atoms with Crippen LogP contribution < -0.4 is 14.8 Å². The number of unbranched alkanes of at least 4 members (excludes halogenated alkanes) is 3. The van der Waals surface area contributed by atoms with Gasteiger partial charge in [-0.1, -0.05) is 67.1 Å². The van der Waals surface area contributed by atoms with Crippen LogP contribution in [0.2, 0.25) is 15.1 Å². The molecule has 0 unspecified atom stereocenters. The molecule has 2 aromatic carbocycles. The summed E-state index contributed by atoms with van der Waals surface area (Å²) in [6.45, 7) is 4.24. The zero-order valence-electron chi connectivity index (χ0n) is 15.8. The zero-order chi connectivity index (χ0) is 19.6. The van der Waals surface area contributed by atoms with E-state index >= 15 is 0 Å². The van der Waals surface area contributed by atoms with Crippen molar-refractivity contribution in [2.75, 3.05) is 13.7 Å². The molecule has 0 radical (unpaired) electrons. The van der Waals surface area contributed by atoms with Crippen LogP contribution in [0.25, 0.3) is 0 Å². The Bertz CT molecular complexity index is 738. The summed E-state index contributed by atoms with van der Waals surface area (Å²) in [6.07, 6.45) is 4.95. The Balaban J connectivity index is 1.96. The van der Waals surface area contributed by atoms with Crippen LogP contribution in [0.15, 0.2) is 30.3 Å². The average molecular weight is 431 g/mol. The van der Waals surface area contributed by atoms with Crippen molar-refractivity contribution in [2.45, 2.75) is 45.8 Å². The van der Waals surface area contributed by atoms with Gasteiger partial charge in [0.05, 0.1) is 17.2 Å². The minimum absolute atomic E-state index is 0.346. The van der Waals surface area contributed by atoms with Crippen molar-refractivity contribution >= 4 is 34.8 Å². The van der Waals surface area contributed by atoms with Gasteiger partial charge in [-0.05, 0) is 42.3 Å². The van der Waals surface area contributed by atoms with E-state index in [1.165, 1.54) is 25.7 Å². The maximum Gasteiger partial charge on any atom is 0.163 e. The van der Waals surface area contributed by atoms with Crippen LogP contribution in [0.5, 0.6) is 11.5 Å². The van der Waals surface area contributed by atoms with Gasteiger partial charge in [-0.25, -0.2) is 0 Å². The number of nitrogens with one attached hydrogen (secondary N) is 1. The van der Waals surface area contributed by atoms with E-state index < -0.39 is 0 Å². The summed E-state index contributed by atoms with van der Waals surface area (Å²) in [6, 6.07) is 9.13. The van der Waals surface area contributed by atoms with Crippen LogP contribution in [-0.4, -0.2) is 13.7 Å². The van der Waals surface area contributed by atoms with Gasteiger partial charge in [-0.3, -0.25) is 0 Å². The molecule has 0 amide bonds. The highest BCUT2D eigenvalue weighted by Crippen LogP contribution is 2.34. The maximum atomic E-state index is 6.43. The predicted molar refractivity (Wildman–Crippen MR) is 115 cm³/mol. The van der Waals surface area contributed by atoms with Gasteiger partial charge in [0.25, 0.3) is 0 Å².